The highest BCUT2D eigenvalue weighted by Crippen LogP contribution is 2.16. The van der Waals surface area contributed by atoms with E-state index < -0.39 is 0 Å². The molecule has 2 atom stereocenters. The van der Waals surface area contributed by atoms with E-state index >= 15 is 0 Å². The number of piperidine rings is 1. The zero-order valence-corrected chi connectivity index (χ0v) is 9.53. The van der Waals surface area contributed by atoms with E-state index in [4.69, 9.17) is 0 Å². The van der Waals surface area contributed by atoms with Crippen molar-refractivity contribution in [1.82, 2.24) is 10.2 Å². The van der Waals surface area contributed by atoms with E-state index in [0.29, 0.717) is 6.04 Å². The third-order valence-electron chi connectivity index (χ3n) is 2.96. The van der Waals surface area contributed by atoms with Crippen molar-refractivity contribution in [3.63, 3.8) is 0 Å². The molecule has 1 aliphatic heterocycles. The Morgan fingerprint density at radius 3 is 2.79 bits per heavy atom. The first kappa shape index (κ1) is 11.3. The number of likely N-dealkylation sites (tertiary alicyclic amines) is 1. The van der Waals surface area contributed by atoms with Crippen LogP contribution < -0.4 is 5.32 Å². The first-order chi connectivity index (χ1) is 6.77. The van der Waals surface area contributed by atoms with Crippen LogP contribution in [0.1, 0.15) is 20.3 Å². The minimum absolute atomic E-state index is 0.638. The van der Waals surface area contributed by atoms with Crippen molar-refractivity contribution in [3.05, 3.63) is 24.4 Å². The van der Waals surface area contributed by atoms with Gasteiger partial charge in [0.05, 0.1) is 0 Å². The molecular formula is C12H22N2. The van der Waals surface area contributed by atoms with E-state index in [1.165, 1.54) is 13.0 Å². The summed E-state index contributed by atoms with van der Waals surface area (Å²) in [5.74, 6) is 0.798. The van der Waals surface area contributed by atoms with Gasteiger partial charge in [0.15, 0.2) is 0 Å². The molecule has 2 nitrogen and oxygen atoms in total. The van der Waals surface area contributed by atoms with Crippen molar-refractivity contribution in [2.24, 2.45) is 5.92 Å². The SMILES string of the molecule is C/C=C\C=C/N1CC[C@@H](C)[C@@H](NC)C1. The summed E-state index contributed by atoms with van der Waals surface area (Å²) in [7, 11) is 2.06. The molecule has 0 aromatic rings. The van der Waals surface area contributed by atoms with E-state index in [2.05, 4.69) is 48.6 Å². The molecule has 0 spiro atoms. The third kappa shape index (κ3) is 3.18. The first-order valence-electron chi connectivity index (χ1n) is 5.48. The van der Waals surface area contributed by atoms with Gasteiger partial charge >= 0.3 is 0 Å². The molecule has 0 radical (unpaired) electrons. The number of rotatable bonds is 3. The van der Waals surface area contributed by atoms with Gasteiger partial charge in [0.2, 0.25) is 0 Å². The molecule has 2 heteroatoms. The van der Waals surface area contributed by atoms with E-state index in [1.807, 2.05) is 6.92 Å². The highest BCUT2D eigenvalue weighted by atomic mass is 15.1. The van der Waals surface area contributed by atoms with Gasteiger partial charge in [0, 0.05) is 19.1 Å². The van der Waals surface area contributed by atoms with Crippen molar-refractivity contribution >= 4 is 0 Å². The van der Waals surface area contributed by atoms with Crippen molar-refractivity contribution < 1.29 is 0 Å². The van der Waals surface area contributed by atoms with Gasteiger partial charge < -0.3 is 10.2 Å². The maximum Gasteiger partial charge on any atom is 0.0329 e. The van der Waals surface area contributed by atoms with Crippen LogP contribution in [0, 0.1) is 5.92 Å². The zero-order valence-electron chi connectivity index (χ0n) is 9.53. The van der Waals surface area contributed by atoms with Crippen LogP contribution in [0.2, 0.25) is 0 Å². The summed E-state index contributed by atoms with van der Waals surface area (Å²) < 4.78 is 0. The lowest BCUT2D eigenvalue weighted by Gasteiger charge is -2.36. The second-order valence-electron chi connectivity index (χ2n) is 4.02. The molecule has 1 N–H and O–H groups in total. The quantitative estimate of drug-likeness (QED) is 0.691. The summed E-state index contributed by atoms with van der Waals surface area (Å²) in [5.41, 5.74) is 0. The van der Waals surface area contributed by atoms with Gasteiger partial charge in [-0.25, -0.2) is 0 Å². The average molecular weight is 194 g/mol. The predicted octanol–water partition coefficient (Wildman–Crippen LogP) is 2.01. The lowest BCUT2D eigenvalue weighted by molar-refractivity contribution is 0.202. The molecule has 1 fully saturated rings. The smallest absolute Gasteiger partial charge is 0.0329 e. The Balaban J connectivity index is 2.42. The number of hydrogen-bond acceptors (Lipinski definition) is 2. The Morgan fingerprint density at radius 1 is 1.36 bits per heavy atom. The van der Waals surface area contributed by atoms with Crippen LogP contribution in [0.4, 0.5) is 0 Å². The lowest BCUT2D eigenvalue weighted by atomic mass is 9.94. The minimum atomic E-state index is 0.638. The van der Waals surface area contributed by atoms with Gasteiger partial charge in [-0.05, 0) is 38.6 Å². The highest BCUT2D eigenvalue weighted by Gasteiger charge is 2.22. The van der Waals surface area contributed by atoms with Crippen LogP contribution in [0.15, 0.2) is 24.4 Å². The number of nitrogens with zero attached hydrogens (tertiary/aromatic N) is 1. The first-order valence-corrected chi connectivity index (χ1v) is 5.48. The molecule has 14 heavy (non-hydrogen) atoms. The molecule has 0 aliphatic carbocycles. The fraction of sp³-hybridized carbons (Fsp3) is 0.667. The van der Waals surface area contributed by atoms with Gasteiger partial charge in [-0.3, -0.25) is 0 Å². The van der Waals surface area contributed by atoms with Gasteiger partial charge in [-0.2, -0.15) is 0 Å². The molecule has 0 amide bonds. The van der Waals surface area contributed by atoms with Crippen LogP contribution in [0.5, 0.6) is 0 Å². The van der Waals surface area contributed by atoms with E-state index in [0.717, 1.165) is 12.5 Å². The summed E-state index contributed by atoms with van der Waals surface area (Å²) in [6.45, 7) is 6.69. The van der Waals surface area contributed by atoms with E-state index in [-0.39, 0.29) is 0 Å². The molecule has 0 saturated carbocycles. The minimum Gasteiger partial charge on any atom is -0.376 e. The number of likely N-dealkylation sites (N-methyl/N-ethyl adjacent to an activating group) is 1. The summed E-state index contributed by atoms with van der Waals surface area (Å²) in [4.78, 5) is 2.39. The number of hydrogen-bond donors (Lipinski definition) is 1. The fourth-order valence-electron chi connectivity index (χ4n) is 1.89. The maximum absolute atomic E-state index is 3.38. The molecule has 0 bridgehead atoms. The molecule has 0 unspecified atom stereocenters. The van der Waals surface area contributed by atoms with Gasteiger partial charge in [0.1, 0.15) is 0 Å². The van der Waals surface area contributed by atoms with Crippen LogP contribution in [0.25, 0.3) is 0 Å². The van der Waals surface area contributed by atoms with Crippen LogP contribution in [-0.2, 0) is 0 Å². The van der Waals surface area contributed by atoms with Crippen molar-refractivity contribution in [2.45, 2.75) is 26.3 Å². The molecule has 0 aromatic carbocycles. The zero-order chi connectivity index (χ0) is 10.4. The average Bonchev–Trinajstić information content (AvgIpc) is 2.21. The molecule has 1 heterocycles. The second kappa shape index (κ2) is 5.86. The molecule has 80 valence electrons. The monoisotopic (exact) mass is 194 g/mol. The normalized spacial score (nSPS) is 29.2. The molecule has 0 aromatic heterocycles. The van der Waals surface area contributed by atoms with Crippen molar-refractivity contribution in [2.75, 3.05) is 20.1 Å². The fourth-order valence-corrected chi connectivity index (χ4v) is 1.89. The summed E-state index contributed by atoms with van der Waals surface area (Å²) in [6, 6.07) is 0.638. The Hall–Kier alpha value is -0.760. The van der Waals surface area contributed by atoms with Crippen molar-refractivity contribution in [3.8, 4) is 0 Å². The van der Waals surface area contributed by atoms with Gasteiger partial charge in [-0.1, -0.05) is 19.1 Å². The van der Waals surface area contributed by atoms with Gasteiger partial charge in [0.25, 0.3) is 0 Å². The third-order valence-corrected chi connectivity index (χ3v) is 2.96. The Kier molecular flexibility index (Phi) is 4.74. The molecule has 1 aliphatic rings. The lowest BCUT2D eigenvalue weighted by Crippen LogP contribution is -2.46. The van der Waals surface area contributed by atoms with Crippen LogP contribution in [0.3, 0.4) is 0 Å². The number of allylic oxidation sites excluding steroid dienone is 3. The molecular weight excluding hydrogens is 172 g/mol. The standard InChI is InChI=1S/C12H22N2/c1-4-5-6-8-14-9-7-11(2)12(10-14)13-3/h4-6,8,11-13H,7,9-10H2,1-3H3/b5-4-,8-6-/t11-,12+/m1/s1. The summed E-state index contributed by atoms with van der Waals surface area (Å²) in [6.07, 6.45) is 9.72. The molecule has 1 rings (SSSR count). The van der Waals surface area contributed by atoms with Gasteiger partial charge in [-0.15, -0.1) is 0 Å². The topological polar surface area (TPSA) is 15.3 Å². The van der Waals surface area contributed by atoms with Crippen LogP contribution in [-0.4, -0.2) is 31.1 Å². The second-order valence-corrected chi connectivity index (χ2v) is 4.02. The number of nitrogens with one attached hydrogen (secondary N) is 1. The highest BCUT2D eigenvalue weighted by molar-refractivity contribution is 5.02. The summed E-state index contributed by atoms with van der Waals surface area (Å²) in [5, 5.41) is 3.38. The predicted molar refractivity (Wildman–Crippen MR) is 62.2 cm³/mol. The largest absolute Gasteiger partial charge is 0.376 e. The van der Waals surface area contributed by atoms with E-state index in [9.17, 15) is 0 Å². The Labute approximate surface area is 87.7 Å². The molecule has 1 saturated heterocycles. The maximum atomic E-state index is 3.38. The summed E-state index contributed by atoms with van der Waals surface area (Å²) >= 11 is 0. The van der Waals surface area contributed by atoms with Crippen LogP contribution >= 0.6 is 0 Å². The Morgan fingerprint density at radius 2 is 2.14 bits per heavy atom. The van der Waals surface area contributed by atoms with Crippen molar-refractivity contribution in [1.29, 1.82) is 0 Å². The Bertz CT molecular complexity index is 208. The van der Waals surface area contributed by atoms with E-state index in [1.54, 1.807) is 0 Å².